The van der Waals surface area contributed by atoms with Crippen molar-refractivity contribution >= 4 is 45.5 Å². The third-order valence-electron chi connectivity index (χ3n) is 5.30. The minimum atomic E-state index is -0.499. The zero-order valence-electron chi connectivity index (χ0n) is 19.0. The number of hydrogen-bond donors (Lipinski definition) is 0. The fourth-order valence-electron chi connectivity index (χ4n) is 3.40. The van der Waals surface area contributed by atoms with Crippen molar-refractivity contribution in [2.75, 3.05) is 7.11 Å². The zero-order chi connectivity index (χ0) is 24.2. The second-order valence-corrected chi connectivity index (χ2v) is 9.35. The summed E-state index contributed by atoms with van der Waals surface area (Å²) >= 11 is 9.49. The lowest BCUT2D eigenvalue weighted by Crippen LogP contribution is -2.05. The summed E-state index contributed by atoms with van der Waals surface area (Å²) in [7, 11) is 1.56. The minimum absolute atomic E-state index is 0.215. The number of cyclic esters (lactones) is 1. The van der Waals surface area contributed by atoms with Gasteiger partial charge in [-0.25, -0.2) is 9.79 Å². The van der Waals surface area contributed by atoms with Crippen LogP contribution in [0.25, 0.3) is 6.08 Å². The van der Waals surface area contributed by atoms with Gasteiger partial charge in [-0.3, -0.25) is 0 Å². The standard InChI is InChI=1S/C27H23BrClNO4/c1-16(2)19-6-8-20(9-7-19)26-30-23(27(31)34-26)13-18-12-22(28)25(24(14-18)32-3)33-15-17-4-10-21(29)11-5-17/h4-14,16H,15H2,1-3H3/b23-13-. The van der Waals surface area contributed by atoms with E-state index in [-0.39, 0.29) is 5.70 Å². The van der Waals surface area contributed by atoms with E-state index in [1.165, 1.54) is 5.56 Å². The summed E-state index contributed by atoms with van der Waals surface area (Å²) in [6.07, 6.45) is 1.66. The lowest BCUT2D eigenvalue weighted by Gasteiger charge is -2.14. The second-order valence-electron chi connectivity index (χ2n) is 8.06. The van der Waals surface area contributed by atoms with Crippen LogP contribution in [0.1, 0.15) is 42.0 Å². The molecule has 1 aliphatic heterocycles. The molecule has 0 bridgehead atoms. The molecule has 0 unspecified atom stereocenters. The highest BCUT2D eigenvalue weighted by Gasteiger charge is 2.24. The molecule has 0 N–H and O–H groups in total. The van der Waals surface area contributed by atoms with E-state index in [0.29, 0.717) is 39.4 Å². The molecule has 3 aromatic carbocycles. The molecular weight excluding hydrogens is 518 g/mol. The van der Waals surface area contributed by atoms with Gasteiger partial charge >= 0.3 is 5.97 Å². The number of rotatable bonds is 7. The average Bonchev–Trinajstić information content (AvgIpc) is 3.19. The Bertz CT molecular complexity index is 1270. The molecule has 7 heteroatoms. The van der Waals surface area contributed by atoms with Gasteiger partial charge in [0.2, 0.25) is 5.90 Å². The Balaban J connectivity index is 1.56. The molecule has 3 aromatic rings. The van der Waals surface area contributed by atoms with Crippen LogP contribution in [0.3, 0.4) is 0 Å². The quantitative estimate of drug-likeness (QED) is 0.236. The second kappa shape index (κ2) is 10.5. The first kappa shape index (κ1) is 24.0. The zero-order valence-corrected chi connectivity index (χ0v) is 21.3. The molecule has 0 aliphatic carbocycles. The minimum Gasteiger partial charge on any atom is -0.493 e. The number of carbonyl (C=O) groups is 1. The van der Waals surface area contributed by atoms with Crippen molar-refractivity contribution in [3.63, 3.8) is 0 Å². The van der Waals surface area contributed by atoms with Crippen molar-refractivity contribution in [3.05, 3.63) is 98.1 Å². The summed E-state index contributed by atoms with van der Waals surface area (Å²) in [4.78, 5) is 16.9. The summed E-state index contributed by atoms with van der Waals surface area (Å²) in [6.45, 7) is 4.61. The average molecular weight is 541 g/mol. The first-order chi connectivity index (χ1) is 16.3. The number of hydrogen-bond acceptors (Lipinski definition) is 5. The van der Waals surface area contributed by atoms with Crippen molar-refractivity contribution < 1.29 is 19.0 Å². The van der Waals surface area contributed by atoms with E-state index >= 15 is 0 Å². The Morgan fingerprint density at radius 3 is 2.44 bits per heavy atom. The highest BCUT2D eigenvalue weighted by atomic mass is 79.9. The number of halogens is 2. The normalized spacial score (nSPS) is 14.4. The highest BCUT2D eigenvalue weighted by Crippen LogP contribution is 2.38. The first-order valence-electron chi connectivity index (χ1n) is 10.7. The van der Waals surface area contributed by atoms with Gasteiger partial charge in [-0.1, -0.05) is 49.7 Å². The van der Waals surface area contributed by atoms with Crippen molar-refractivity contribution in [2.45, 2.75) is 26.4 Å². The van der Waals surface area contributed by atoms with E-state index in [9.17, 15) is 4.79 Å². The van der Waals surface area contributed by atoms with Gasteiger partial charge in [0.1, 0.15) is 6.61 Å². The third-order valence-corrected chi connectivity index (χ3v) is 6.14. The maximum absolute atomic E-state index is 12.4. The van der Waals surface area contributed by atoms with Gasteiger partial charge < -0.3 is 14.2 Å². The lowest BCUT2D eigenvalue weighted by molar-refractivity contribution is -0.129. The molecule has 0 saturated heterocycles. The molecule has 174 valence electrons. The Labute approximate surface area is 212 Å². The largest absolute Gasteiger partial charge is 0.493 e. The van der Waals surface area contributed by atoms with Crippen LogP contribution >= 0.6 is 27.5 Å². The molecule has 0 fully saturated rings. The van der Waals surface area contributed by atoms with Crippen LogP contribution in [0.2, 0.25) is 5.02 Å². The maximum atomic E-state index is 12.4. The smallest absolute Gasteiger partial charge is 0.363 e. The van der Waals surface area contributed by atoms with Crippen LogP contribution in [-0.4, -0.2) is 19.0 Å². The molecule has 1 heterocycles. The van der Waals surface area contributed by atoms with E-state index in [2.05, 4.69) is 34.8 Å². The van der Waals surface area contributed by atoms with E-state index < -0.39 is 5.97 Å². The topological polar surface area (TPSA) is 57.1 Å². The number of carbonyl (C=O) groups excluding carboxylic acids is 1. The number of ether oxygens (including phenoxy) is 3. The molecule has 34 heavy (non-hydrogen) atoms. The molecular formula is C27H23BrClNO4. The summed E-state index contributed by atoms with van der Waals surface area (Å²) < 4.78 is 17.6. The van der Waals surface area contributed by atoms with Crippen LogP contribution in [0, 0.1) is 0 Å². The van der Waals surface area contributed by atoms with E-state index in [1.54, 1.807) is 19.3 Å². The molecule has 0 amide bonds. The van der Waals surface area contributed by atoms with E-state index in [1.807, 2.05) is 54.6 Å². The SMILES string of the molecule is COc1cc(/C=C2\N=C(c3ccc(C(C)C)cc3)OC2=O)cc(Br)c1OCc1ccc(Cl)cc1. The molecule has 1 aliphatic rings. The van der Waals surface area contributed by atoms with Crippen molar-refractivity contribution in [1.29, 1.82) is 0 Å². The summed E-state index contributed by atoms with van der Waals surface area (Å²) in [5.41, 5.74) is 3.87. The Hall–Kier alpha value is -3.09. The van der Waals surface area contributed by atoms with Gasteiger partial charge in [0.25, 0.3) is 0 Å². The number of benzene rings is 3. The number of aliphatic imine (C=N–C) groups is 1. The van der Waals surface area contributed by atoms with Gasteiger partial charge in [-0.2, -0.15) is 0 Å². The van der Waals surface area contributed by atoms with Gasteiger partial charge in [-0.05, 0) is 81.0 Å². The molecule has 0 radical (unpaired) electrons. The van der Waals surface area contributed by atoms with E-state index in [4.69, 9.17) is 25.8 Å². The van der Waals surface area contributed by atoms with Gasteiger partial charge in [0.15, 0.2) is 17.2 Å². The number of esters is 1. The number of methoxy groups -OCH3 is 1. The van der Waals surface area contributed by atoms with Crippen LogP contribution in [0.4, 0.5) is 0 Å². The molecule has 0 saturated carbocycles. The summed E-state index contributed by atoms with van der Waals surface area (Å²) in [5.74, 6) is 1.30. The van der Waals surface area contributed by atoms with Crippen LogP contribution in [-0.2, 0) is 16.1 Å². The van der Waals surface area contributed by atoms with Crippen LogP contribution in [0.15, 0.2) is 75.8 Å². The first-order valence-corrected chi connectivity index (χ1v) is 11.9. The predicted molar refractivity (Wildman–Crippen MR) is 138 cm³/mol. The Morgan fingerprint density at radius 2 is 1.79 bits per heavy atom. The number of nitrogens with zero attached hydrogens (tertiary/aromatic N) is 1. The summed E-state index contributed by atoms with van der Waals surface area (Å²) in [6, 6.07) is 18.9. The van der Waals surface area contributed by atoms with E-state index in [0.717, 1.165) is 16.7 Å². The van der Waals surface area contributed by atoms with Gasteiger partial charge in [0, 0.05) is 10.6 Å². The predicted octanol–water partition coefficient (Wildman–Crippen LogP) is 7.16. The fraction of sp³-hybridized carbons (Fsp3) is 0.185. The Kier molecular flexibility index (Phi) is 7.39. The molecule has 0 atom stereocenters. The van der Waals surface area contributed by atoms with Crippen molar-refractivity contribution in [1.82, 2.24) is 0 Å². The van der Waals surface area contributed by atoms with Crippen LogP contribution in [0.5, 0.6) is 11.5 Å². The molecule has 4 rings (SSSR count). The summed E-state index contributed by atoms with van der Waals surface area (Å²) in [5, 5.41) is 0.670. The molecule has 0 aromatic heterocycles. The van der Waals surface area contributed by atoms with Crippen molar-refractivity contribution in [3.8, 4) is 11.5 Å². The van der Waals surface area contributed by atoms with Gasteiger partial charge in [0.05, 0.1) is 11.6 Å². The van der Waals surface area contributed by atoms with Crippen LogP contribution < -0.4 is 9.47 Å². The third kappa shape index (κ3) is 5.51. The van der Waals surface area contributed by atoms with Gasteiger partial charge in [-0.15, -0.1) is 0 Å². The highest BCUT2D eigenvalue weighted by molar-refractivity contribution is 9.10. The molecule has 0 spiro atoms. The van der Waals surface area contributed by atoms with Crippen molar-refractivity contribution in [2.24, 2.45) is 4.99 Å². The monoisotopic (exact) mass is 539 g/mol. The fourth-order valence-corrected chi connectivity index (χ4v) is 4.10. The lowest BCUT2D eigenvalue weighted by atomic mass is 10.0. The molecule has 5 nitrogen and oxygen atoms in total. The Morgan fingerprint density at radius 1 is 1.09 bits per heavy atom. The maximum Gasteiger partial charge on any atom is 0.363 e.